The Balaban J connectivity index is 1.68. The molecule has 6 nitrogen and oxygen atoms in total. The van der Waals surface area contributed by atoms with Crippen LogP contribution in [0.15, 0.2) is 89.9 Å². The highest BCUT2D eigenvalue weighted by Gasteiger charge is 2.23. The summed E-state index contributed by atoms with van der Waals surface area (Å²) in [6.45, 7) is 6.52. The number of nitrogens with one attached hydrogen (secondary N) is 1. The lowest BCUT2D eigenvalue weighted by Gasteiger charge is -2.19. The van der Waals surface area contributed by atoms with E-state index in [0.29, 0.717) is 18.9 Å². The Morgan fingerprint density at radius 3 is 2.05 bits per heavy atom. The number of ether oxygens (including phenoxy) is 1. The zero-order chi connectivity index (χ0) is 26.4. The molecule has 3 aromatic carbocycles. The highest BCUT2D eigenvalue weighted by Crippen LogP contribution is 2.40. The largest absolute Gasteiger partial charge is 0.444 e. The van der Waals surface area contributed by atoms with Crippen LogP contribution < -0.4 is 11.1 Å². The molecule has 1 heterocycles. The number of hydrogen-bond acceptors (Lipinski definition) is 4. The summed E-state index contributed by atoms with van der Waals surface area (Å²) < 4.78 is 7.48. The molecule has 37 heavy (non-hydrogen) atoms. The smallest absolute Gasteiger partial charge is 0.407 e. The SMILES string of the molecule is C/N=C/c1c(-c2ccccc2)c(-c2ccccc2)n(Cc2ccc(CNC(=O)OC(C)(C)C)cc2)c1N. The third kappa shape index (κ3) is 6.28. The number of nitrogen functional groups attached to an aromatic ring is 1. The Hall–Kier alpha value is -4.32. The highest BCUT2D eigenvalue weighted by molar-refractivity contribution is 6.02. The lowest BCUT2D eigenvalue weighted by molar-refractivity contribution is 0.0523. The molecule has 0 unspecified atom stereocenters. The molecule has 1 amide bonds. The van der Waals surface area contributed by atoms with Crippen molar-refractivity contribution in [2.45, 2.75) is 39.5 Å². The van der Waals surface area contributed by atoms with Gasteiger partial charge in [0.15, 0.2) is 0 Å². The molecule has 0 aliphatic heterocycles. The van der Waals surface area contributed by atoms with Crippen LogP contribution in [-0.4, -0.2) is 29.5 Å². The van der Waals surface area contributed by atoms with E-state index in [9.17, 15) is 4.79 Å². The summed E-state index contributed by atoms with van der Waals surface area (Å²) in [6.07, 6.45) is 1.41. The first kappa shape index (κ1) is 25.8. The van der Waals surface area contributed by atoms with Crippen LogP contribution in [0, 0.1) is 0 Å². The molecule has 4 aromatic rings. The predicted molar refractivity (Wildman–Crippen MR) is 152 cm³/mol. The summed E-state index contributed by atoms with van der Waals surface area (Å²) in [7, 11) is 1.76. The van der Waals surface area contributed by atoms with Crippen LogP contribution in [-0.2, 0) is 17.8 Å². The number of nitrogens with zero attached hydrogens (tertiary/aromatic N) is 2. The van der Waals surface area contributed by atoms with Gasteiger partial charge in [0.2, 0.25) is 0 Å². The summed E-state index contributed by atoms with van der Waals surface area (Å²) in [5.74, 6) is 0.666. The van der Waals surface area contributed by atoms with E-state index < -0.39 is 11.7 Å². The predicted octanol–water partition coefficient (Wildman–Crippen LogP) is 6.53. The van der Waals surface area contributed by atoms with Crippen LogP contribution in [0.2, 0.25) is 0 Å². The molecule has 0 fully saturated rings. The maximum absolute atomic E-state index is 12.0. The maximum atomic E-state index is 12.0. The maximum Gasteiger partial charge on any atom is 0.407 e. The van der Waals surface area contributed by atoms with E-state index in [-0.39, 0.29) is 0 Å². The number of benzene rings is 3. The summed E-state index contributed by atoms with van der Waals surface area (Å²) in [5, 5.41) is 2.81. The number of anilines is 1. The van der Waals surface area contributed by atoms with E-state index in [4.69, 9.17) is 10.5 Å². The average Bonchev–Trinajstić information content (AvgIpc) is 3.15. The van der Waals surface area contributed by atoms with Crippen LogP contribution in [0.3, 0.4) is 0 Å². The van der Waals surface area contributed by atoms with E-state index in [1.54, 1.807) is 7.05 Å². The number of rotatable bonds is 7. The summed E-state index contributed by atoms with van der Waals surface area (Å²) in [6, 6.07) is 28.8. The summed E-state index contributed by atoms with van der Waals surface area (Å²) in [5.41, 5.74) is 13.5. The van der Waals surface area contributed by atoms with Gasteiger partial charge in [0.25, 0.3) is 0 Å². The second-order valence-corrected chi connectivity index (χ2v) is 9.90. The first-order chi connectivity index (χ1) is 17.8. The number of carbonyl (C=O) groups is 1. The Labute approximate surface area is 218 Å². The zero-order valence-corrected chi connectivity index (χ0v) is 21.9. The number of aliphatic imine (C=N–C) groups is 1. The molecule has 1 aromatic heterocycles. The van der Waals surface area contributed by atoms with Gasteiger partial charge in [0.1, 0.15) is 11.4 Å². The molecular formula is C31H34N4O2. The van der Waals surface area contributed by atoms with Crippen molar-refractivity contribution in [2.24, 2.45) is 4.99 Å². The van der Waals surface area contributed by atoms with Gasteiger partial charge in [-0.1, -0.05) is 84.9 Å². The van der Waals surface area contributed by atoms with E-state index in [0.717, 1.165) is 39.1 Å². The van der Waals surface area contributed by atoms with Gasteiger partial charge in [-0.2, -0.15) is 0 Å². The van der Waals surface area contributed by atoms with Crippen LogP contribution in [0.4, 0.5) is 10.6 Å². The van der Waals surface area contributed by atoms with Crippen molar-refractivity contribution in [1.29, 1.82) is 0 Å². The second-order valence-electron chi connectivity index (χ2n) is 9.90. The Bertz CT molecular complexity index is 1370. The lowest BCUT2D eigenvalue weighted by Crippen LogP contribution is -2.32. The van der Waals surface area contributed by atoms with Gasteiger partial charge in [0, 0.05) is 37.5 Å². The summed E-state index contributed by atoms with van der Waals surface area (Å²) >= 11 is 0. The van der Waals surface area contributed by atoms with Crippen LogP contribution >= 0.6 is 0 Å². The monoisotopic (exact) mass is 494 g/mol. The molecule has 0 spiro atoms. The third-order valence-electron chi connectivity index (χ3n) is 5.91. The van der Waals surface area contributed by atoms with Crippen molar-refractivity contribution >= 4 is 18.1 Å². The number of nitrogens with two attached hydrogens (primary N) is 1. The molecule has 0 aliphatic carbocycles. The van der Waals surface area contributed by atoms with Gasteiger partial charge in [0.05, 0.1) is 5.69 Å². The number of aromatic nitrogens is 1. The van der Waals surface area contributed by atoms with Gasteiger partial charge >= 0.3 is 6.09 Å². The molecule has 190 valence electrons. The molecule has 4 rings (SSSR count). The van der Waals surface area contributed by atoms with Crippen molar-refractivity contribution in [2.75, 3.05) is 12.8 Å². The number of hydrogen-bond donors (Lipinski definition) is 2. The first-order valence-electron chi connectivity index (χ1n) is 12.4. The van der Waals surface area contributed by atoms with Gasteiger partial charge in [-0.05, 0) is 43.0 Å². The normalized spacial score (nSPS) is 11.6. The topological polar surface area (TPSA) is 81.6 Å². The molecule has 0 radical (unpaired) electrons. The Morgan fingerprint density at radius 1 is 0.919 bits per heavy atom. The Morgan fingerprint density at radius 2 is 1.49 bits per heavy atom. The van der Waals surface area contributed by atoms with E-state index >= 15 is 0 Å². The fraction of sp³-hybridized carbons (Fsp3) is 0.226. The van der Waals surface area contributed by atoms with Crippen molar-refractivity contribution in [3.63, 3.8) is 0 Å². The molecule has 0 aliphatic rings. The fourth-order valence-electron chi connectivity index (χ4n) is 4.31. The fourth-order valence-corrected chi connectivity index (χ4v) is 4.31. The van der Waals surface area contributed by atoms with Gasteiger partial charge in [-0.3, -0.25) is 4.99 Å². The van der Waals surface area contributed by atoms with Crippen LogP contribution in [0.1, 0.15) is 37.5 Å². The van der Waals surface area contributed by atoms with Crippen molar-refractivity contribution in [3.05, 3.63) is 102 Å². The molecule has 3 N–H and O–H groups in total. The molecule has 0 atom stereocenters. The summed E-state index contributed by atoms with van der Waals surface area (Å²) in [4.78, 5) is 16.3. The highest BCUT2D eigenvalue weighted by atomic mass is 16.6. The molecular weight excluding hydrogens is 460 g/mol. The Kier molecular flexibility index (Phi) is 7.77. The van der Waals surface area contributed by atoms with Gasteiger partial charge in [-0.15, -0.1) is 0 Å². The minimum Gasteiger partial charge on any atom is -0.444 e. The quantitative estimate of drug-likeness (QED) is 0.287. The number of amides is 1. The second kappa shape index (κ2) is 11.2. The standard InChI is InChI=1S/C31H34N4O2/c1-31(2,3)37-30(36)34-19-22-15-17-23(18-16-22)21-35-28(25-13-9-6-10-14-25)27(24-11-7-5-8-12-24)26(20-33-4)29(35)32/h5-18,20H,19,21,32H2,1-4H3,(H,34,36)/b33-20+. The third-order valence-corrected chi connectivity index (χ3v) is 5.91. The first-order valence-corrected chi connectivity index (χ1v) is 12.4. The van der Waals surface area contributed by atoms with Gasteiger partial charge in [-0.25, -0.2) is 4.79 Å². The van der Waals surface area contributed by atoms with E-state index in [2.05, 4.69) is 51.3 Å². The van der Waals surface area contributed by atoms with Crippen LogP contribution in [0.5, 0.6) is 0 Å². The van der Waals surface area contributed by atoms with Crippen molar-refractivity contribution in [3.8, 4) is 22.4 Å². The minimum atomic E-state index is -0.527. The average molecular weight is 495 g/mol. The zero-order valence-electron chi connectivity index (χ0n) is 21.9. The van der Waals surface area contributed by atoms with E-state index in [1.807, 2.05) is 75.5 Å². The van der Waals surface area contributed by atoms with E-state index in [1.165, 1.54) is 0 Å². The molecule has 0 bridgehead atoms. The lowest BCUT2D eigenvalue weighted by atomic mass is 9.98. The minimum absolute atomic E-state index is 0.394. The number of carbonyl (C=O) groups excluding carboxylic acids is 1. The van der Waals surface area contributed by atoms with Gasteiger partial charge < -0.3 is 20.4 Å². The van der Waals surface area contributed by atoms with Crippen molar-refractivity contribution in [1.82, 2.24) is 9.88 Å². The van der Waals surface area contributed by atoms with Crippen LogP contribution in [0.25, 0.3) is 22.4 Å². The molecule has 0 saturated carbocycles. The number of alkyl carbamates (subject to hydrolysis) is 1. The van der Waals surface area contributed by atoms with Crippen molar-refractivity contribution < 1.29 is 9.53 Å². The molecule has 6 heteroatoms. The molecule has 0 saturated heterocycles.